The fourth-order valence-corrected chi connectivity index (χ4v) is 2.11. The topological polar surface area (TPSA) is 55.9 Å². The van der Waals surface area contributed by atoms with Gasteiger partial charge in [-0.2, -0.15) is 5.10 Å². The fraction of sp³-hybridized carbons (Fsp3) is 0.400. The summed E-state index contributed by atoms with van der Waals surface area (Å²) in [5, 5.41) is 4.56. The Morgan fingerprint density at radius 1 is 1.16 bits per heavy atom. The Kier molecular flexibility index (Phi) is 4.71. The molecule has 0 radical (unpaired) electrons. The van der Waals surface area contributed by atoms with E-state index in [4.69, 9.17) is 5.84 Å². The molecule has 0 bridgehead atoms. The van der Waals surface area contributed by atoms with E-state index in [2.05, 4.69) is 54.7 Å². The van der Waals surface area contributed by atoms with E-state index < -0.39 is 0 Å². The van der Waals surface area contributed by atoms with Gasteiger partial charge in [0.2, 0.25) is 0 Å². The molecule has 2 rings (SSSR count). The number of nitrogens with two attached hydrogens (primary N) is 1. The molecule has 1 atom stereocenters. The minimum Gasteiger partial charge on any atom is -0.271 e. The first kappa shape index (κ1) is 13.8. The number of hydrogen-bond donors (Lipinski definition) is 2. The van der Waals surface area contributed by atoms with E-state index >= 15 is 0 Å². The molecule has 0 saturated heterocycles. The highest BCUT2D eigenvalue weighted by atomic mass is 15.3. The predicted molar refractivity (Wildman–Crippen MR) is 77.6 cm³/mol. The Morgan fingerprint density at radius 2 is 1.89 bits per heavy atom. The summed E-state index contributed by atoms with van der Waals surface area (Å²) in [4.78, 5) is 0. The van der Waals surface area contributed by atoms with Gasteiger partial charge in [0.05, 0.1) is 5.69 Å². The van der Waals surface area contributed by atoms with Gasteiger partial charge in [-0.15, -0.1) is 0 Å². The number of nitrogens with zero attached hydrogens (tertiary/aromatic N) is 2. The molecule has 0 saturated carbocycles. The number of rotatable bonds is 6. The molecular formula is C15H22N4. The van der Waals surface area contributed by atoms with Crippen molar-refractivity contribution in [1.29, 1.82) is 0 Å². The van der Waals surface area contributed by atoms with Gasteiger partial charge in [0, 0.05) is 24.7 Å². The van der Waals surface area contributed by atoms with E-state index in [9.17, 15) is 0 Å². The molecule has 0 aliphatic heterocycles. The molecule has 4 heteroatoms. The summed E-state index contributed by atoms with van der Waals surface area (Å²) in [6.07, 6.45) is 3.77. The van der Waals surface area contributed by atoms with Crippen LogP contribution in [0.15, 0.2) is 42.6 Å². The van der Waals surface area contributed by atoms with Gasteiger partial charge in [0.25, 0.3) is 0 Å². The van der Waals surface area contributed by atoms with Crippen LogP contribution in [-0.2, 0) is 12.8 Å². The fourth-order valence-electron chi connectivity index (χ4n) is 2.11. The summed E-state index contributed by atoms with van der Waals surface area (Å²) in [5.74, 6) is 5.65. The molecule has 4 nitrogen and oxygen atoms in total. The maximum absolute atomic E-state index is 5.65. The summed E-state index contributed by atoms with van der Waals surface area (Å²) in [6.45, 7) is 4.25. The summed E-state index contributed by atoms with van der Waals surface area (Å²) in [5.41, 5.74) is 5.25. The molecule has 19 heavy (non-hydrogen) atoms. The van der Waals surface area contributed by atoms with Gasteiger partial charge in [0.1, 0.15) is 0 Å². The van der Waals surface area contributed by atoms with Gasteiger partial charge in [0.15, 0.2) is 0 Å². The summed E-state index contributed by atoms with van der Waals surface area (Å²) >= 11 is 0. The zero-order valence-electron chi connectivity index (χ0n) is 11.6. The van der Waals surface area contributed by atoms with E-state index in [0.717, 1.165) is 18.5 Å². The molecule has 0 aliphatic rings. The first-order valence-electron chi connectivity index (χ1n) is 6.73. The highest BCUT2D eigenvalue weighted by Crippen LogP contribution is 2.09. The van der Waals surface area contributed by atoms with Gasteiger partial charge in [-0.1, -0.05) is 30.3 Å². The average Bonchev–Trinajstić information content (AvgIpc) is 2.88. The first-order valence-corrected chi connectivity index (χ1v) is 6.73. The van der Waals surface area contributed by atoms with Crippen molar-refractivity contribution in [1.82, 2.24) is 15.2 Å². The van der Waals surface area contributed by atoms with E-state index in [1.807, 2.05) is 16.9 Å². The third-order valence-electron chi connectivity index (χ3n) is 3.21. The lowest BCUT2D eigenvalue weighted by Gasteiger charge is -2.14. The van der Waals surface area contributed by atoms with Crippen molar-refractivity contribution >= 4 is 0 Å². The molecular weight excluding hydrogens is 236 g/mol. The first-order chi connectivity index (χ1) is 9.19. The number of aromatic nitrogens is 2. The van der Waals surface area contributed by atoms with Crippen LogP contribution >= 0.6 is 0 Å². The summed E-state index contributed by atoms with van der Waals surface area (Å²) < 4.78 is 1.98. The molecule has 2 aromatic rings. The maximum Gasteiger partial charge on any atom is 0.0640 e. The SMILES string of the molecule is CC(C)n1ccc(CC(Cc2ccccc2)NN)n1. The van der Waals surface area contributed by atoms with Crippen molar-refractivity contribution in [3.63, 3.8) is 0 Å². The minimum absolute atomic E-state index is 0.206. The second-order valence-corrected chi connectivity index (χ2v) is 5.14. The van der Waals surface area contributed by atoms with Crippen molar-refractivity contribution in [3.8, 4) is 0 Å². The van der Waals surface area contributed by atoms with Crippen molar-refractivity contribution in [2.45, 2.75) is 38.8 Å². The number of hydrazine groups is 1. The number of nitrogens with one attached hydrogen (secondary N) is 1. The second-order valence-electron chi connectivity index (χ2n) is 5.14. The van der Waals surface area contributed by atoms with E-state index in [-0.39, 0.29) is 6.04 Å². The van der Waals surface area contributed by atoms with E-state index in [1.165, 1.54) is 5.56 Å². The molecule has 1 aromatic heterocycles. The number of hydrogen-bond acceptors (Lipinski definition) is 3. The van der Waals surface area contributed by atoms with Crippen LogP contribution in [0.1, 0.15) is 31.1 Å². The van der Waals surface area contributed by atoms with Crippen LogP contribution in [0.3, 0.4) is 0 Å². The minimum atomic E-state index is 0.206. The Morgan fingerprint density at radius 3 is 2.47 bits per heavy atom. The Labute approximate surface area is 114 Å². The van der Waals surface area contributed by atoms with Gasteiger partial charge < -0.3 is 0 Å². The molecule has 1 heterocycles. The van der Waals surface area contributed by atoms with Crippen LogP contribution in [0.5, 0.6) is 0 Å². The quantitative estimate of drug-likeness (QED) is 0.616. The second kappa shape index (κ2) is 6.50. The Hall–Kier alpha value is -1.65. The van der Waals surface area contributed by atoms with Crippen LogP contribution in [-0.4, -0.2) is 15.8 Å². The van der Waals surface area contributed by atoms with Crippen LogP contribution in [0.25, 0.3) is 0 Å². The normalized spacial score (nSPS) is 12.8. The molecule has 0 aliphatic carbocycles. The molecule has 1 aromatic carbocycles. The smallest absolute Gasteiger partial charge is 0.0640 e. The highest BCUT2D eigenvalue weighted by molar-refractivity contribution is 5.16. The monoisotopic (exact) mass is 258 g/mol. The largest absolute Gasteiger partial charge is 0.271 e. The third-order valence-corrected chi connectivity index (χ3v) is 3.21. The lowest BCUT2D eigenvalue weighted by Crippen LogP contribution is -2.38. The molecule has 0 spiro atoms. The third kappa shape index (κ3) is 3.91. The Bertz CT molecular complexity index is 490. The standard InChI is InChI=1S/C15H22N4/c1-12(2)19-9-8-14(18-19)11-15(17-16)10-13-6-4-3-5-7-13/h3-9,12,15,17H,10-11,16H2,1-2H3. The zero-order valence-corrected chi connectivity index (χ0v) is 11.6. The van der Waals surface area contributed by atoms with Gasteiger partial charge in [-0.3, -0.25) is 16.0 Å². The van der Waals surface area contributed by atoms with Gasteiger partial charge >= 0.3 is 0 Å². The van der Waals surface area contributed by atoms with Crippen molar-refractivity contribution in [3.05, 3.63) is 53.9 Å². The van der Waals surface area contributed by atoms with Crippen LogP contribution < -0.4 is 11.3 Å². The molecule has 3 N–H and O–H groups in total. The van der Waals surface area contributed by atoms with E-state index in [1.54, 1.807) is 0 Å². The van der Waals surface area contributed by atoms with Gasteiger partial charge in [-0.05, 0) is 31.9 Å². The van der Waals surface area contributed by atoms with Crippen LogP contribution in [0, 0.1) is 0 Å². The van der Waals surface area contributed by atoms with Gasteiger partial charge in [-0.25, -0.2) is 0 Å². The van der Waals surface area contributed by atoms with Crippen LogP contribution in [0.4, 0.5) is 0 Å². The van der Waals surface area contributed by atoms with Crippen LogP contribution in [0.2, 0.25) is 0 Å². The lowest BCUT2D eigenvalue weighted by molar-refractivity contribution is 0.495. The molecule has 0 amide bonds. The van der Waals surface area contributed by atoms with Crippen molar-refractivity contribution in [2.75, 3.05) is 0 Å². The average molecular weight is 258 g/mol. The maximum atomic E-state index is 5.65. The lowest BCUT2D eigenvalue weighted by atomic mass is 10.0. The van der Waals surface area contributed by atoms with Crippen molar-refractivity contribution in [2.24, 2.45) is 5.84 Å². The molecule has 1 unspecified atom stereocenters. The van der Waals surface area contributed by atoms with E-state index in [0.29, 0.717) is 6.04 Å². The Balaban J connectivity index is 1.98. The van der Waals surface area contributed by atoms with Crippen molar-refractivity contribution < 1.29 is 0 Å². The highest BCUT2D eigenvalue weighted by Gasteiger charge is 2.11. The molecule has 0 fully saturated rings. The number of benzene rings is 1. The molecule has 102 valence electrons. The predicted octanol–water partition coefficient (Wildman–Crippen LogP) is 2.08. The summed E-state index contributed by atoms with van der Waals surface area (Å²) in [6, 6.07) is 13.0. The summed E-state index contributed by atoms with van der Waals surface area (Å²) in [7, 11) is 0. The zero-order chi connectivity index (χ0) is 13.7.